The van der Waals surface area contributed by atoms with Crippen LogP contribution >= 0.6 is 24.0 Å². The van der Waals surface area contributed by atoms with Gasteiger partial charge in [-0.25, -0.2) is 0 Å². The zero-order valence-electron chi connectivity index (χ0n) is 14.9. The Hall–Kier alpha value is -1.21. The van der Waals surface area contributed by atoms with Crippen LogP contribution in [0.5, 0.6) is 11.5 Å². The first-order valence-electron chi connectivity index (χ1n) is 7.98. The van der Waals surface area contributed by atoms with Crippen LogP contribution in [0, 0.1) is 5.41 Å². The van der Waals surface area contributed by atoms with Crippen molar-refractivity contribution in [2.24, 2.45) is 16.9 Å². The number of methoxy groups -OCH3 is 1. The summed E-state index contributed by atoms with van der Waals surface area (Å²) < 4.78 is 10.7. The maximum Gasteiger partial charge on any atom is 0.255 e. The molecule has 1 aliphatic rings. The van der Waals surface area contributed by atoms with E-state index in [0.29, 0.717) is 16.5 Å². The largest absolute Gasteiger partial charge is 0.493 e. The highest BCUT2D eigenvalue weighted by Gasteiger charge is 2.33. The number of benzene rings is 1. The third kappa shape index (κ3) is 5.64. The zero-order valence-corrected chi connectivity index (χ0v) is 16.5. The van der Waals surface area contributed by atoms with Gasteiger partial charge in [0.1, 0.15) is 0 Å². The quantitative estimate of drug-likeness (QED) is 0.775. The lowest BCUT2D eigenvalue weighted by atomic mass is 9.79. The Morgan fingerprint density at radius 1 is 1.44 bits per heavy atom. The van der Waals surface area contributed by atoms with E-state index >= 15 is 0 Å². The van der Waals surface area contributed by atoms with Gasteiger partial charge < -0.3 is 20.9 Å². The second-order valence-electron chi connectivity index (χ2n) is 6.96. The first-order valence-corrected chi connectivity index (χ1v) is 8.36. The van der Waals surface area contributed by atoms with Gasteiger partial charge in [-0.05, 0) is 29.5 Å². The number of likely N-dealkylation sites (tertiary alicyclic amines) is 1. The van der Waals surface area contributed by atoms with E-state index in [0.717, 1.165) is 31.6 Å². The maximum atomic E-state index is 10.9. The van der Waals surface area contributed by atoms with Gasteiger partial charge in [0, 0.05) is 25.7 Å². The number of nitrogens with two attached hydrogens (primary N) is 2. The normalized spacial score (nSPS) is 19.8. The first kappa shape index (κ1) is 21.8. The number of carbonyl (C=O) groups excluding carboxylic acids is 1. The predicted octanol–water partition coefficient (Wildman–Crippen LogP) is 2.19. The molecule has 1 aromatic carbocycles. The van der Waals surface area contributed by atoms with Crippen molar-refractivity contribution in [3.8, 4) is 11.5 Å². The van der Waals surface area contributed by atoms with E-state index in [2.05, 4.69) is 18.7 Å². The summed E-state index contributed by atoms with van der Waals surface area (Å²) in [5.41, 5.74) is 12.4. The van der Waals surface area contributed by atoms with E-state index in [1.165, 1.54) is 7.11 Å². The third-order valence-corrected chi connectivity index (χ3v) is 4.73. The second kappa shape index (κ2) is 8.94. The molecular weight excluding hydrogens is 365 g/mol. The molecule has 0 spiro atoms. The van der Waals surface area contributed by atoms with Crippen LogP contribution in [0.15, 0.2) is 12.1 Å². The van der Waals surface area contributed by atoms with Crippen molar-refractivity contribution in [2.75, 3.05) is 26.8 Å². The van der Waals surface area contributed by atoms with Gasteiger partial charge in [0.25, 0.3) is 5.91 Å². The number of rotatable bonds is 6. The molecule has 1 heterocycles. The van der Waals surface area contributed by atoms with Gasteiger partial charge >= 0.3 is 0 Å². The number of halogens is 2. The number of carbonyl (C=O) groups is 1. The number of nitrogens with zero attached hydrogens (tertiary/aromatic N) is 1. The number of ether oxygens (including phenoxy) is 2. The van der Waals surface area contributed by atoms with Crippen LogP contribution in [-0.4, -0.2) is 43.7 Å². The number of hydrogen-bond acceptors (Lipinski definition) is 5. The Morgan fingerprint density at radius 3 is 2.68 bits per heavy atom. The van der Waals surface area contributed by atoms with Crippen LogP contribution < -0.4 is 20.9 Å². The summed E-state index contributed by atoms with van der Waals surface area (Å²) in [6.07, 6.45) is 0.970. The third-order valence-electron chi connectivity index (χ3n) is 4.45. The van der Waals surface area contributed by atoms with Crippen molar-refractivity contribution >= 4 is 29.9 Å². The molecule has 0 saturated carbocycles. The highest BCUT2D eigenvalue weighted by Crippen LogP contribution is 2.37. The summed E-state index contributed by atoms with van der Waals surface area (Å²) >= 11 is 6.30. The molecule has 1 fully saturated rings. The molecule has 0 radical (unpaired) electrons. The van der Waals surface area contributed by atoms with Crippen LogP contribution in [0.3, 0.4) is 0 Å². The average Bonchev–Trinajstić information content (AvgIpc) is 2.49. The number of amides is 1. The molecule has 1 amide bonds. The molecule has 1 unspecified atom stereocenters. The zero-order chi connectivity index (χ0) is 17.9. The van der Waals surface area contributed by atoms with Crippen LogP contribution in [0.25, 0.3) is 0 Å². The minimum Gasteiger partial charge on any atom is -0.493 e. The fourth-order valence-corrected chi connectivity index (χ4v) is 3.31. The summed E-state index contributed by atoms with van der Waals surface area (Å²) in [5, 5.41) is 0.401. The first-order chi connectivity index (χ1) is 11.2. The van der Waals surface area contributed by atoms with Crippen LogP contribution in [0.4, 0.5) is 0 Å². The Balaban J connectivity index is 0.00000312. The molecular formula is C17H27Cl2N3O3. The SMILES string of the molecule is COc1cc(CN2CCC(N)C(C)(C)C2)cc(Cl)c1OCC(N)=O.Cl. The summed E-state index contributed by atoms with van der Waals surface area (Å²) in [6.45, 7) is 6.77. The lowest BCUT2D eigenvalue weighted by Gasteiger charge is -2.42. The summed E-state index contributed by atoms with van der Waals surface area (Å²) in [5.74, 6) is 0.263. The smallest absolute Gasteiger partial charge is 0.255 e. The molecule has 4 N–H and O–H groups in total. The number of primary amides is 1. The molecule has 25 heavy (non-hydrogen) atoms. The molecule has 0 aliphatic carbocycles. The Labute approximate surface area is 160 Å². The molecule has 1 aromatic rings. The lowest BCUT2D eigenvalue weighted by molar-refractivity contribution is -0.119. The van der Waals surface area contributed by atoms with E-state index in [4.69, 9.17) is 32.5 Å². The fourth-order valence-electron chi connectivity index (χ4n) is 3.03. The second-order valence-corrected chi connectivity index (χ2v) is 7.37. The van der Waals surface area contributed by atoms with Gasteiger partial charge in [0.05, 0.1) is 12.1 Å². The molecule has 2 rings (SSSR count). The molecule has 1 aliphatic heterocycles. The molecule has 0 aromatic heterocycles. The average molecular weight is 392 g/mol. The van der Waals surface area contributed by atoms with Gasteiger partial charge in [-0.3, -0.25) is 9.69 Å². The molecule has 0 bridgehead atoms. The van der Waals surface area contributed by atoms with Crippen LogP contribution in [0.1, 0.15) is 25.8 Å². The van der Waals surface area contributed by atoms with Crippen molar-refractivity contribution in [1.29, 1.82) is 0 Å². The van der Waals surface area contributed by atoms with Crippen molar-refractivity contribution in [3.63, 3.8) is 0 Å². The highest BCUT2D eigenvalue weighted by atomic mass is 35.5. The molecule has 1 atom stereocenters. The van der Waals surface area contributed by atoms with E-state index in [-0.39, 0.29) is 30.5 Å². The number of piperidine rings is 1. The van der Waals surface area contributed by atoms with E-state index in [9.17, 15) is 4.79 Å². The van der Waals surface area contributed by atoms with E-state index in [1.807, 2.05) is 12.1 Å². The molecule has 6 nitrogen and oxygen atoms in total. The van der Waals surface area contributed by atoms with Gasteiger partial charge in [-0.15, -0.1) is 12.4 Å². The van der Waals surface area contributed by atoms with Crippen LogP contribution in [0.2, 0.25) is 5.02 Å². The fraction of sp³-hybridized carbons (Fsp3) is 0.588. The van der Waals surface area contributed by atoms with E-state index in [1.54, 1.807) is 0 Å². The Bertz CT molecular complexity index is 611. The van der Waals surface area contributed by atoms with Crippen molar-refractivity contribution in [2.45, 2.75) is 32.9 Å². The Morgan fingerprint density at radius 2 is 2.12 bits per heavy atom. The van der Waals surface area contributed by atoms with Crippen molar-refractivity contribution < 1.29 is 14.3 Å². The molecule has 8 heteroatoms. The lowest BCUT2D eigenvalue weighted by Crippen LogP contribution is -2.52. The summed E-state index contributed by atoms with van der Waals surface area (Å²) in [7, 11) is 1.54. The standard InChI is InChI=1S/C17H26ClN3O3.ClH/c1-17(2)10-21(5-4-14(17)19)8-11-6-12(18)16(13(7-11)23-3)24-9-15(20)22;/h6-7,14H,4-5,8-10,19H2,1-3H3,(H2,20,22);1H. The minimum absolute atomic E-state index is 0. The monoisotopic (exact) mass is 391 g/mol. The number of hydrogen-bond donors (Lipinski definition) is 2. The topological polar surface area (TPSA) is 90.8 Å². The molecule has 142 valence electrons. The predicted molar refractivity (Wildman–Crippen MR) is 102 cm³/mol. The summed E-state index contributed by atoms with van der Waals surface area (Å²) in [6, 6.07) is 3.93. The Kier molecular flexibility index (Phi) is 7.81. The van der Waals surface area contributed by atoms with Crippen molar-refractivity contribution in [1.82, 2.24) is 4.90 Å². The maximum absolute atomic E-state index is 10.9. The van der Waals surface area contributed by atoms with Crippen LogP contribution in [-0.2, 0) is 11.3 Å². The molecule has 1 saturated heterocycles. The van der Waals surface area contributed by atoms with Gasteiger partial charge in [0.15, 0.2) is 18.1 Å². The van der Waals surface area contributed by atoms with Gasteiger partial charge in [0.2, 0.25) is 0 Å². The van der Waals surface area contributed by atoms with Gasteiger partial charge in [-0.1, -0.05) is 25.4 Å². The van der Waals surface area contributed by atoms with E-state index < -0.39 is 5.91 Å². The highest BCUT2D eigenvalue weighted by molar-refractivity contribution is 6.32. The van der Waals surface area contributed by atoms with Gasteiger partial charge in [-0.2, -0.15) is 0 Å². The minimum atomic E-state index is -0.566. The summed E-state index contributed by atoms with van der Waals surface area (Å²) in [4.78, 5) is 13.3. The van der Waals surface area contributed by atoms with Crippen molar-refractivity contribution in [3.05, 3.63) is 22.7 Å².